The number of hydrogen-bond donors (Lipinski definition) is 3. The zero-order chi connectivity index (χ0) is 16.3. The van der Waals surface area contributed by atoms with Crippen molar-refractivity contribution in [3.05, 3.63) is 29.6 Å². The molecule has 1 saturated carbocycles. The van der Waals surface area contributed by atoms with Gasteiger partial charge in [-0.3, -0.25) is 4.79 Å². The monoisotopic (exact) mass is 315 g/mol. The van der Waals surface area contributed by atoms with Crippen molar-refractivity contribution >= 4 is 16.9 Å². The molecule has 5 heteroatoms. The second kappa shape index (κ2) is 6.71. The second-order valence-corrected chi connectivity index (χ2v) is 6.72. The third-order valence-corrected chi connectivity index (χ3v) is 4.75. The number of aromatic amines is 1. The van der Waals surface area contributed by atoms with Gasteiger partial charge in [0.25, 0.3) is 0 Å². The van der Waals surface area contributed by atoms with Crippen molar-refractivity contribution in [1.82, 2.24) is 15.3 Å². The zero-order valence-corrected chi connectivity index (χ0v) is 13.7. The van der Waals surface area contributed by atoms with Gasteiger partial charge in [0.15, 0.2) is 0 Å². The van der Waals surface area contributed by atoms with Crippen LogP contribution < -0.4 is 5.32 Å². The number of carbonyl (C=O) groups is 1. The predicted octanol–water partition coefficient (Wildman–Crippen LogP) is 2.62. The molecule has 3 rings (SSSR count). The lowest BCUT2D eigenvalue weighted by atomic mass is 9.85. The molecule has 1 aromatic carbocycles. The molecular weight excluding hydrogens is 290 g/mol. The Morgan fingerprint density at radius 2 is 2.13 bits per heavy atom. The molecule has 0 spiro atoms. The van der Waals surface area contributed by atoms with Gasteiger partial charge in [0.1, 0.15) is 5.82 Å². The summed E-state index contributed by atoms with van der Waals surface area (Å²) in [6, 6.07) is 6.03. The summed E-state index contributed by atoms with van der Waals surface area (Å²) in [5.41, 5.74) is 2.41. The number of rotatable bonds is 5. The van der Waals surface area contributed by atoms with Gasteiger partial charge in [0.2, 0.25) is 5.91 Å². The molecular formula is C18H25N3O2. The summed E-state index contributed by atoms with van der Waals surface area (Å²) in [6.07, 6.45) is 5.82. The van der Waals surface area contributed by atoms with Crippen LogP contribution in [0, 0.1) is 6.92 Å². The first-order valence-corrected chi connectivity index (χ1v) is 8.49. The number of benzene rings is 1. The van der Waals surface area contributed by atoms with Gasteiger partial charge in [0, 0.05) is 19.4 Å². The SMILES string of the molecule is Cc1cccc2[nH]c(CCC(=O)NCC3(O)CCCCC3)nc12. The minimum atomic E-state index is -0.704. The van der Waals surface area contributed by atoms with Crippen molar-refractivity contribution in [2.45, 2.75) is 57.5 Å². The number of nitrogens with zero attached hydrogens (tertiary/aromatic N) is 1. The summed E-state index contributed by atoms with van der Waals surface area (Å²) < 4.78 is 0. The van der Waals surface area contributed by atoms with Gasteiger partial charge in [-0.15, -0.1) is 0 Å². The molecule has 0 atom stereocenters. The number of aryl methyl sites for hydroxylation is 2. The highest BCUT2D eigenvalue weighted by Crippen LogP contribution is 2.27. The number of aromatic nitrogens is 2. The van der Waals surface area contributed by atoms with Crippen LogP contribution >= 0.6 is 0 Å². The molecule has 1 aliphatic carbocycles. The van der Waals surface area contributed by atoms with Crippen molar-refractivity contribution in [1.29, 1.82) is 0 Å². The van der Waals surface area contributed by atoms with E-state index in [2.05, 4.69) is 15.3 Å². The Kier molecular flexibility index (Phi) is 4.66. The predicted molar refractivity (Wildman–Crippen MR) is 90.2 cm³/mol. The van der Waals surface area contributed by atoms with Gasteiger partial charge in [-0.05, 0) is 31.4 Å². The first kappa shape index (κ1) is 16.0. The lowest BCUT2D eigenvalue weighted by molar-refractivity contribution is -0.122. The van der Waals surface area contributed by atoms with Gasteiger partial charge in [-0.1, -0.05) is 31.4 Å². The topological polar surface area (TPSA) is 78.0 Å². The van der Waals surface area contributed by atoms with Crippen LogP contribution in [0.15, 0.2) is 18.2 Å². The van der Waals surface area contributed by atoms with Gasteiger partial charge in [-0.2, -0.15) is 0 Å². The van der Waals surface area contributed by atoms with Crippen LogP contribution in [0.4, 0.5) is 0 Å². The Hall–Kier alpha value is -1.88. The van der Waals surface area contributed by atoms with Gasteiger partial charge < -0.3 is 15.4 Å². The van der Waals surface area contributed by atoms with E-state index >= 15 is 0 Å². The van der Waals surface area contributed by atoms with Crippen LogP contribution in [-0.4, -0.2) is 33.1 Å². The van der Waals surface area contributed by atoms with Gasteiger partial charge in [0.05, 0.1) is 16.6 Å². The summed E-state index contributed by atoms with van der Waals surface area (Å²) in [6.45, 7) is 2.40. The number of para-hydroxylation sites is 1. The molecule has 2 aromatic rings. The molecule has 0 unspecified atom stereocenters. The zero-order valence-electron chi connectivity index (χ0n) is 13.7. The van der Waals surface area contributed by atoms with Crippen molar-refractivity contribution in [3.63, 3.8) is 0 Å². The molecule has 0 aliphatic heterocycles. The van der Waals surface area contributed by atoms with Crippen LogP contribution in [0.3, 0.4) is 0 Å². The molecule has 3 N–H and O–H groups in total. The fourth-order valence-electron chi connectivity index (χ4n) is 3.32. The van der Waals surface area contributed by atoms with E-state index in [-0.39, 0.29) is 5.91 Å². The third-order valence-electron chi connectivity index (χ3n) is 4.75. The van der Waals surface area contributed by atoms with Gasteiger partial charge >= 0.3 is 0 Å². The number of carbonyl (C=O) groups excluding carboxylic acids is 1. The molecule has 1 aromatic heterocycles. The summed E-state index contributed by atoms with van der Waals surface area (Å²) in [5.74, 6) is 0.807. The van der Waals surface area contributed by atoms with Crippen molar-refractivity contribution in [3.8, 4) is 0 Å². The van der Waals surface area contributed by atoms with E-state index in [0.29, 0.717) is 19.4 Å². The van der Waals surface area contributed by atoms with Gasteiger partial charge in [-0.25, -0.2) is 4.98 Å². The van der Waals surface area contributed by atoms with Crippen molar-refractivity contribution < 1.29 is 9.90 Å². The molecule has 0 bridgehead atoms. The maximum atomic E-state index is 12.0. The summed E-state index contributed by atoms with van der Waals surface area (Å²) in [7, 11) is 0. The number of imidazole rings is 1. The standard InChI is InChI=1S/C18H25N3O2/c1-13-6-5-7-14-17(13)21-15(20-14)8-9-16(22)19-12-18(23)10-3-2-4-11-18/h5-7,23H,2-4,8-12H2,1H3,(H,19,22)(H,20,21). The first-order chi connectivity index (χ1) is 11.1. The lowest BCUT2D eigenvalue weighted by Crippen LogP contribution is -2.44. The Morgan fingerprint density at radius 1 is 1.35 bits per heavy atom. The van der Waals surface area contributed by atoms with Crippen molar-refractivity contribution in [2.75, 3.05) is 6.54 Å². The number of H-pyrrole nitrogens is 1. The lowest BCUT2D eigenvalue weighted by Gasteiger charge is -2.32. The van der Waals surface area contributed by atoms with E-state index in [0.717, 1.165) is 48.1 Å². The molecule has 124 valence electrons. The normalized spacial score (nSPS) is 17.3. The van der Waals surface area contributed by atoms with Crippen LogP contribution in [0.5, 0.6) is 0 Å². The molecule has 23 heavy (non-hydrogen) atoms. The van der Waals surface area contributed by atoms with E-state index < -0.39 is 5.60 Å². The van der Waals surface area contributed by atoms with Crippen LogP contribution in [0.2, 0.25) is 0 Å². The minimum absolute atomic E-state index is 0.0267. The maximum Gasteiger partial charge on any atom is 0.220 e. The van der Waals surface area contributed by atoms with Crippen molar-refractivity contribution in [2.24, 2.45) is 0 Å². The van der Waals surface area contributed by atoms with E-state index in [1.807, 2.05) is 25.1 Å². The molecule has 0 radical (unpaired) electrons. The molecule has 1 fully saturated rings. The van der Waals surface area contributed by atoms with Crippen LogP contribution in [0.25, 0.3) is 11.0 Å². The smallest absolute Gasteiger partial charge is 0.220 e. The fraction of sp³-hybridized carbons (Fsp3) is 0.556. The van der Waals surface area contributed by atoms with E-state index in [4.69, 9.17) is 0 Å². The highest BCUT2D eigenvalue weighted by atomic mass is 16.3. The Morgan fingerprint density at radius 3 is 2.87 bits per heavy atom. The Balaban J connectivity index is 1.51. The fourth-order valence-corrected chi connectivity index (χ4v) is 3.32. The number of hydrogen-bond acceptors (Lipinski definition) is 3. The van der Waals surface area contributed by atoms with E-state index in [9.17, 15) is 9.90 Å². The van der Waals surface area contributed by atoms with E-state index in [1.54, 1.807) is 0 Å². The molecule has 5 nitrogen and oxygen atoms in total. The summed E-state index contributed by atoms with van der Waals surface area (Å²) in [4.78, 5) is 19.8. The Bertz CT molecular complexity index is 687. The highest BCUT2D eigenvalue weighted by molar-refractivity contribution is 5.79. The summed E-state index contributed by atoms with van der Waals surface area (Å²) in [5, 5.41) is 13.3. The second-order valence-electron chi connectivity index (χ2n) is 6.72. The number of amides is 1. The Labute approximate surface area is 136 Å². The van der Waals surface area contributed by atoms with Crippen LogP contribution in [0.1, 0.15) is 49.9 Å². The maximum absolute atomic E-state index is 12.0. The third kappa shape index (κ3) is 3.91. The average molecular weight is 315 g/mol. The number of fused-ring (bicyclic) bond motifs is 1. The average Bonchev–Trinajstić information content (AvgIpc) is 2.96. The quantitative estimate of drug-likeness (QED) is 0.793. The minimum Gasteiger partial charge on any atom is -0.388 e. The van der Waals surface area contributed by atoms with E-state index in [1.165, 1.54) is 6.42 Å². The molecule has 1 heterocycles. The van der Waals surface area contributed by atoms with Crippen LogP contribution in [-0.2, 0) is 11.2 Å². The number of nitrogens with one attached hydrogen (secondary N) is 2. The molecule has 1 amide bonds. The number of aliphatic hydroxyl groups is 1. The highest BCUT2D eigenvalue weighted by Gasteiger charge is 2.29. The first-order valence-electron chi connectivity index (χ1n) is 8.49. The molecule has 1 aliphatic rings. The largest absolute Gasteiger partial charge is 0.388 e. The summed E-state index contributed by atoms with van der Waals surface area (Å²) >= 11 is 0. The molecule has 0 saturated heterocycles.